The lowest BCUT2D eigenvalue weighted by Crippen LogP contribution is -2.57. The van der Waals surface area contributed by atoms with Crippen LogP contribution >= 0.6 is 0 Å². The van der Waals surface area contributed by atoms with Gasteiger partial charge in [0, 0.05) is 24.6 Å². The van der Waals surface area contributed by atoms with Gasteiger partial charge in [-0.1, -0.05) is 73.2 Å². The maximum Gasteiger partial charge on any atom is 0.280 e. The second-order valence-electron chi connectivity index (χ2n) is 8.60. The molecule has 0 unspecified atom stereocenters. The summed E-state index contributed by atoms with van der Waals surface area (Å²) in [6.45, 7) is 4.09. The molecule has 0 spiro atoms. The summed E-state index contributed by atoms with van der Waals surface area (Å²) in [5, 5.41) is 4.76. The van der Waals surface area contributed by atoms with Crippen molar-refractivity contribution in [2.24, 2.45) is 5.10 Å². The van der Waals surface area contributed by atoms with Crippen LogP contribution in [0.15, 0.2) is 88.9 Å². The van der Waals surface area contributed by atoms with Gasteiger partial charge in [-0.15, -0.1) is 0 Å². The fraction of sp³-hybridized carbons (Fsp3) is 0.240. The lowest BCUT2D eigenvalue weighted by molar-refractivity contribution is 0.219. The van der Waals surface area contributed by atoms with E-state index in [2.05, 4.69) is 19.1 Å². The zero-order valence-electron chi connectivity index (χ0n) is 17.9. The number of likely N-dealkylation sites (N-methyl/N-ethyl adjacent to an activating group) is 1. The first-order valence-electron chi connectivity index (χ1n) is 10.4. The van der Waals surface area contributed by atoms with Crippen molar-refractivity contribution in [3.63, 3.8) is 0 Å². The summed E-state index contributed by atoms with van der Waals surface area (Å²) in [4.78, 5) is 2.30. The standard InChI is InChI=1S/C25H25N3O2S/c1-18-13-15-20(16-14-18)31(29,30)28-24-25(2,21-11-7-8-12-23(21)27(24)3)17-22(26-28)19-9-5-4-6-10-19/h4-16,24H,17H2,1-3H3/t24-,25-/m1/s1. The number of hydrogen-bond donors (Lipinski definition) is 0. The van der Waals surface area contributed by atoms with E-state index in [1.54, 1.807) is 12.1 Å². The molecule has 2 aliphatic rings. The Kier molecular flexibility index (Phi) is 4.45. The van der Waals surface area contributed by atoms with E-state index in [1.807, 2.05) is 73.5 Å². The fourth-order valence-corrected chi connectivity index (χ4v) is 6.43. The van der Waals surface area contributed by atoms with Crippen molar-refractivity contribution in [1.29, 1.82) is 0 Å². The van der Waals surface area contributed by atoms with Crippen molar-refractivity contribution in [3.05, 3.63) is 95.6 Å². The van der Waals surface area contributed by atoms with E-state index >= 15 is 0 Å². The van der Waals surface area contributed by atoms with Crippen LogP contribution in [0.4, 0.5) is 5.69 Å². The smallest absolute Gasteiger partial charge is 0.280 e. The van der Waals surface area contributed by atoms with Gasteiger partial charge >= 0.3 is 0 Å². The maximum absolute atomic E-state index is 13.8. The van der Waals surface area contributed by atoms with E-state index in [1.165, 1.54) is 4.41 Å². The molecule has 6 heteroatoms. The number of hydrogen-bond acceptors (Lipinski definition) is 4. The Morgan fingerprint density at radius 3 is 2.29 bits per heavy atom. The molecule has 3 aromatic carbocycles. The maximum atomic E-state index is 13.8. The van der Waals surface area contributed by atoms with Gasteiger partial charge in [0.1, 0.15) is 6.17 Å². The second-order valence-corrected chi connectivity index (χ2v) is 10.4. The highest BCUT2D eigenvalue weighted by molar-refractivity contribution is 7.89. The predicted octanol–water partition coefficient (Wildman–Crippen LogP) is 4.53. The van der Waals surface area contributed by atoms with Crippen LogP contribution in [0, 0.1) is 6.92 Å². The molecule has 0 aromatic heterocycles. The van der Waals surface area contributed by atoms with Gasteiger partial charge < -0.3 is 4.90 Å². The number of aryl methyl sites for hydroxylation is 1. The topological polar surface area (TPSA) is 53.0 Å². The first-order valence-corrected chi connectivity index (χ1v) is 11.8. The van der Waals surface area contributed by atoms with Crippen molar-refractivity contribution in [3.8, 4) is 0 Å². The number of rotatable bonds is 3. The Bertz CT molecular complexity index is 1270. The van der Waals surface area contributed by atoms with Crippen molar-refractivity contribution in [1.82, 2.24) is 4.41 Å². The van der Waals surface area contributed by atoms with Gasteiger partial charge in [0.15, 0.2) is 0 Å². The molecule has 2 aliphatic heterocycles. The lowest BCUT2D eigenvalue weighted by Gasteiger charge is -2.44. The normalized spacial score (nSPS) is 22.7. The zero-order valence-corrected chi connectivity index (χ0v) is 18.7. The average Bonchev–Trinajstić information content (AvgIpc) is 3.01. The highest BCUT2D eigenvalue weighted by Gasteiger charge is 2.55. The molecule has 2 atom stereocenters. The van der Waals surface area contributed by atoms with E-state index < -0.39 is 21.6 Å². The van der Waals surface area contributed by atoms with Gasteiger partial charge in [-0.3, -0.25) is 0 Å². The Hall–Kier alpha value is -3.12. The molecule has 0 radical (unpaired) electrons. The summed E-state index contributed by atoms with van der Waals surface area (Å²) < 4.78 is 29.0. The Morgan fingerprint density at radius 2 is 1.58 bits per heavy atom. The molecule has 3 aromatic rings. The van der Waals surface area contributed by atoms with Gasteiger partial charge in [0.05, 0.1) is 10.6 Å². The van der Waals surface area contributed by atoms with Crippen LogP contribution in [0.5, 0.6) is 0 Å². The quantitative estimate of drug-likeness (QED) is 0.612. The number of anilines is 1. The molecule has 0 bridgehead atoms. The molecule has 5 rings (SSSR count). The van der Waals surface area contributed by atoms with E-state index in [0.717, 1.165) is 28.1 Å². The molecule has 0 N–H and O–H groups in total. The third kappa shape index (κ3) is 2.97. The van der Waals surface area contributed by atoms with Crippen LogP contribution in [0.2, 0.25) is 0 Å². The van der Waals surface area contributed by atoms with Crippen LogP contribution in [0.1, 0.15) is 30.0 Å². The van der Waals surface area contributed by atoms with Gasteiger partial charge in [0.25, 0.3) is 10.0 Å². The molecule has 2 heterocycles. The van der Waals surface area contributed by atoms with Gasteiger partial charge in [0.2, 0.25) is 0 Å². The van der Waals surface area contributed by atoms with E-state index in [4.69, 9.17) is 5.10 Å². The molecule has 31 heavy (non-hydrogen) atoms. The first-order chi connectivity index (χ1) is 14.8. The van der Waals surface area contributed by atoms with Crippen molar-refractivity contribution >= 4 is 21.4 Å². The summed E-state index contributed by atoms with van der Waals surface area (Å²) in [7, 11) is -1.90. The molecule has 0 saturated heterocycles. The molecule has 0 amide bonds. The third-order valence-electron chi connectivity index (χ3n) is 6.47. The number of nitrogens with zero attached hydrogens (tertiary/aromatic N) is 3. The SMILES string of the molecule is Cc1ccc(S(=O)(=O)N2N=C(c3ccccc3)C[C@]3(C)c4ccccc4N(C)[C@H]23)cc1. The third-order valence-corrected chi connectivity index (χ3v) is 8.11. The number of para-hydroxylation sites is 1. The first kappa shape index (κ1) is 19.8. The van der Waals surface area contributed by atoms with Crippen LogP contribution < -0.4 is 4.90 Å². The number of benzene rings is 3. The molecule has 0 aliphatic carbocycles. The second kappa shape index (κ2) is 6.95. The minimum Gasteiger partial charge on any atom is -0.351 e. The molecule has 5 nitrogen and oxygen atoms in total. The molecular formula is C25H25N3O2S. The Morgan fingerprint density at radius 1 is 0.935 bits per heavy atom. The van der Waals surface area contributed by atoms with E-state index in [-0.39, 0.29) is 4.90 Å². The van der Waals surface area contributed by atoms with Gasteiger partial charge in [-0.25, -0.2) is 0 Å². The number of hydrazone groups is 1. The minimum atomic E-state index is -3.86. The van der Waals surface area contributed by atoms with Crippen LogP contribution in [-0.4, -0.2) is 31.8 Å². The lowest BCUT2D eigenvalue weighted by atomic mass is 9.75. The highest BCUT2D eigenvalue weighted by atomic mass is 32.2. The zero-order chi connectivity index (χ0) is 21.8. The number of sulfonamides is 1. The Labute approximate surface area is 183 Å². The van der Waals surface area contributed by atoms with Crippen molar-refractivity contribution in [2.45, 2.75) is 36.7 Å². The minimum absolute atomic E-state index is 0.253. The summed E-state index contributed by atoms with van der Waals surface area (Å²) in [6, 6.07) is 25.0. The van der Waals surface area contributed by atoms with Gasteiger partial charge in [-0.05, 0) is 36.2 Å². The predicted molar refractivity (Wildman–Crippen MR) is 124 cm³/mol. The fourth-order valence-electron chi connectivity index (χ4n) is 4.89. The Balaban J connectivity index is 1.72. The van der Waals surface area contributed by atoms with Crippen LogP contribution in [0.25, 0.3) is 0 Å². The largest absolute Gasteiger partial charge is 0.351 e. The van der Waals surface area contributed by atoms with E-state index in [9.17, 15) is 8.42 Å². The van der Waals surface area contributed by atoms with Crippen molar-refractivity contribution < 1.29 is 8.42 Å². The summed E-state index contributed by atoms with van der Waals surface area (Å²) in [5.41, 5.74) is 4.49. The summed E-state index contributed by atoms with van der Waals surface area (Å²) in [5.74, 6) is 0. The average molecular weight is 432 g/mol. The summed E-state index contributed by atoms with van der Waals surface area (Å²) in [6.07, 6.45) is 0.215. The van der Waals surface area contributed by atoms with E-state index in [0.29, 0.717) is 6.42 Å². The van der Waals surface area contributed by atoms with Crippen LogP contribution in [-0.2, 0) is 15.4 Å². The highest BCUT2D eigenvalue weighted by Crippen LogP contribution is 2.51. The summed E-state index contributed by atoms with van der Waals surface area (Å²) >= 11 is 0. The number of fused-ring (bicyclic) bond motifs is 3. The molecule has 0 fully saturated rings. The van der Waals surface area contributed by atoms with Crippen molar-refractivity contribution in [2.75, 3.05) is 11.9 Å². The van der Waals surface area contributed by atoms with Crippen LogP contribution in [0.3, 0.4) is 0 Å². The van der Waals surface area contributed by atoms with Gasteiger partial charge in [-0.2, -0.15) is 17.9 Å². The molecule has 158 valence electrons. The molecule has 0 saturated carbocycles. The molecular weight excluding hydrogens is 406 g/mol. The monoisotopic (exact) mass is 431 g/mol.